The number of hydrogen-bond acceptors (Lipinski definition) is 9. The average Bonchev–Trinajstić information content (AvgIpc) is 2.38. The molecule has 0 aliphatic rings. The van der Waals surface area contributed by atoms with Crippen LogP contribution in [0.25, 0.3) is 0 Å². The molecule has 0 fully saturated rings. The van der Waals surface area contributed by atoms with Crippen LogP contribution in [-0.4, -0.2) is 53.4 Å². The van der Waals surface area contributed by atoms with Crippen molar-refractivity contribution in [1.29, 1.82) is 0 Å². The van der Waals surface area contributed by atoms with Crippen molar-refractivity contribution in [2.45, 2.75) is 91.6 Å². The van der Waals surface area contributed by atoms with Crippen LogP contribution in [0.3, 0.4) is 0 Å². The first-order valence-electron chi connectivity index (χ1n) is 9.27. The third-order valence-corrected chi connectivity index (χ3v) is 4.44. The number of aliphatic hydroxyl groups excluding tert-OH is 1. The molecule has 0 rings (SSSR count). The van der Waals surface area contributed by atoms with Gasteiger partial charge in [0.1, 0.15) is 5.60 Å². The lowest BCUT2D eigenvalue weighted by Crippen LogP contribution is -2.35. The standard InChI is InChI=1S/C18H36NO9P/c1-16(2,3)26-14(21)10-13(20)11-19-15(22)24-12-25-29(23,27-17(4,5)6)28-18(7,8)9/h13,20H,10-12H2,1-9H3,(H,19,22)/t13-/m0/s1. The lowest BCUT2D eigenvalue weighted by Gasteiger charge is -2.30. The highest BCUT2D eigenvalue weighted by atomic mass is 31.2. The molecule has 0 aliphatic heterocycles. The van der Waals surface area contributed by atoms with Crippen LogP contribution >= 0.6 is 7.82 Å². The Balaban J connectivity index is 4.46. The smallest absolute Gasteiger partial charge is 0.460 e. The monoisotopic (exact) mass is 441 g/mol. The zero-order valence-electron chi connectivity index (χ0n) is 18.9. The number of esters is 1. The fourth-order valence-corrected chi connectivity index (χ4v) is 3.45. The number of alkyl carbamates (subject to hydrolysis) is 1. The molecule has 0 unspecified atom stereocenters. The van der Waals surface area contributed by atoms with Crippen LogP contribution < -0.4 is 5.32 Å². The van der Waals surface area contributed by atoms with Crippen LogP contribution in [0.2, 0.25) is 0 Å². The summed E-state index contributed by atoms with van der Waals surface area (Å²) in [4.78, 5) is 23.3. The first-order valence-corrected chi connectivity index (χ1v) is 10.7. The highest BCUT2D eigenvalue weighted by Crippen LogP contribution is 2.55. The van der Waals surface area contributed by atoms with Crippen molar-refractivity contribution >= 4 is 19.9 Å². The van der Waals surface area contributed by atoms with Crippen molar-refractivity contribution in [3.05, 3.63) is 0 Å². The van der Waals surface area contributed by atoms with E-state index in [-0.39, 0.29) is 13.0 Å². The van der Waals surface area contributed by atoms with Gasteiger partial charge < -0.3 is 19.9 Å². The predicted octanol–water partition coefficient (Wildman–Crippen LogP) is 3.52. The molecule has 0 aliphatic carbocycles. The first kappa shape index (κ1) is 27.8. The predicted molar refractivity (Wildman–Crippen MR) is 106 cm³/mol. The maximum absolute atomic E-state index is 12.8. The summed E-state index contributed by atoms with van der Waals surface area (Å²) in [6.07, 6.45) is -2.38. The molecule has 2 N–H and O–H groups in total. The van der Waals surface area contributed by atoms with Crippen LogP contribution in [0, 0.1) is 0 Å². The Labute approximate surface area is 173 Å². The Kier molecular flexibility index (Phi) is 10.3. The van der Waals surface area contributed by atoms with E-state index in [1.807, 2.05) is 0 Å². The second-order valence-corrected chi connectivity index (χ2v) is 10.9. The zero-order valence-corrected chi connectivity index (χ0v) is 19.8. The Morgan fingerprint density at radius 3 is 1.83 bits per heavy atom. The summed E-state index contributed by atoms with van der Waals surface area (Å²) in [7, 11) is -4.01. The van der Waals surface area contributed by atoms with Crippen molar-refractivity contribution in [1.82, 2.24) is 5.32 Å². The number of phosphoric acid groups is 1. The molecule has 10 nitrogen and oxygen atoms in total. The summed E-state index contributed by atoms with van der Waals surface area (Å²) < 4.78 is 38.4. The third kappa shape index (κ3) is 16.3. The van der Waals surface area contributed by atoms with Gasteiger partial charge in [-0.15, -0.1) is 0 Å². The Morgan fingerprint density at radius 2 is 1.41 bits per heavy atom. The van der Waals surface area contributed by atoms with Gasteiger partial charge in [-0.25, -0.2) is 13.9 Å². The topological polar surface area (TPSA) is 130 Å². The Hall–Kier alpha value is -1.19. The van der Waals surface area contributed by atoms with Crippen LogP contribution in [0.15, 0.2) is 0 Å². The number of nitrogens with one attached hydrogen (secondary N) is 1. The van der Waals surface area contributed by atoms with Gasteiger partial charge in [-0.05, 0) is 62.3 Å². The highest BCUT2D eigenvalue weighted by molar-refractivity contribution is 7.48. The summed E-state index contributed by atoms with van der Waals surface area (Å²) in [5.41, 5.74) is -2.32. The number of aliphatic hydroxyl groups is 1. The van der Waals surface area contributed by atoms with E-state index in [0.29, 0.717) is 0 Å². The summed E-state index contributed by atoms with van der Waals surface area (Å²) in [5.74, 6) is -0.594. The number of rotatable bonds is 9. The normalized spacial score (nSPS) is 14.3. The maximum atomic E-state index is 12.8. The van der Waals surface area contributed by atoms with Crippen LogP contribution in [0.4, 0.5) is 4.79 Å². The minimum Gasteiger partial charge on any atom is -0.460 e. The molecule has 11 heteroatoms. The summed E-state index contributed by atoms with van der Waals surface area (Å²) >= 11 is 0. The number of phosphoric ester groups is 1. The zero-order chi connectivity index (χ0) is 23.1. The summed E-state index contributed by atoms with van der Waals surface area (Å²) in [5, 5.41) is 12.1. The third-order valence-electron chi connectivity index (χ3n) is 2.48. The molecule has 0 aromatic carbocycles. The molecule has 0 aromatic heterocycles. The number of hydrogen-bond donors (Lipinski definition) is 2. The van der Waals surface area contributed by atoms with Crippen molar-refractivity contribution in [3.63, 3.8) is 0 Å². The quantitative estimate of drug-likeness (QED) is 0.313. The average molecular weight is 441 g/mol. The number of amides is 1. The summed E-state index contributed by atoms with van der Waals surface area (Å²) in [6.45, 7) is 14.2. The molecular weight excluding hydrogens is 405 g/mol. The lowest BCUT2D eigenvalue weighted by atomic mass is 10.2. The second kappa shape index (κ2) is 10.7. The second-order valence-electron chi connectivity index (χ2n) is 9.36. The van der Waals surface area contributed by atoms with Gasteiger partial charge in [0.15, 0.2) is 0 Å². The molecule has 0 bridgehead atoms. The summed E-state index contributed by atoms with van der Waals surface area (Å²) in [6, 6.07) is 0. The lowest BCUT2D eigenvalue weighted by molar-refractivity contribution is -0.157. The van der Waals surface area contributed by atoms with Gasteiger partial charge in [-0.1, -0.05) is 0 Å². The number of ether oxygens (including phenoxy) is 2. The molecular formula is C18H36NO9P. The van der Waals surface area contributed by atoms with Gasteiger partial charge in [-0.3, -0.25) is 13.8 Å². The Morgan fingerprint density at radius 1 is 0.931 bits per heavy atom. The van der Waals surface area contributed by atoms with E-state index in [1.165, 1.54) is 0 Å². The van der Waals surface area contributed by atoms with E-state index >= 15 is 0 Å². The van der Waals surface area contributed by atoms with Crippen LogP contribution in [0.1, 0.15) is 68.7 Å². The molecule has 0 heterocycles. The Bertz CT molecular complexity index is 568. The SMILES string of the molecule is CC(C)(C)OC(=O)C[C@H](O)CNC(=O)OCOP(=O)(OC(C)(C)C)OC(C)(C)C. The molecule has 29 heavy (non-hydrogen) atoms. The molecule has 0 saturated heterocycles. The van der Waals surface area contributed by atoms with E-state index in [1.54, 1.807) is 62.3 Å². The molecule has 0 saturated carbocycles. The fraction of sp³-hybridized carbons (Fsp3) is 0.889. The van der Waals surface area contributed by atoms with E-state index in [0.717, 1.165) is 0 Å². The minimum absolute atomic E-state index is 0.243. The molecule has 0 radical (unpaired) electrons. The van der Waals surface area contributed by atoms with E-state index in [9.17, 15) is 19.3 Å². The molecule has 1 atom stereocenters. The van der Waals surface area contributed by atoms with Crippen molar-refractivity contribution < 1.29 is 42.3 Å². The molecule has 0 spiro atoms. The number of carbonyl (C=O) groups is 2. The van der Waals surface area contributed by atoms with Gasteiger partial charge in [0.05, 0.1) is 23.7 Å². The fourth-order valence-electron chi connectivity index (χ4n) is 1.79. The van der Waals surface area contributed by atoms with Crippen molar-refractivity contribution in [3.8, 4) is 0 Å². The van der Waals surface area contributed by atoms with Gasteiger partial charge in [0.25, 0.3) is 0 Å². The molecule has 0 aromatic rings. The first-order chi connectivity index (χ1) is 12.8. The van der Waals surface area contributed by atoms with Gasteiger partial charge in [-0.2, -0.15) is 0 Å². The van der Waals surface area contributed by atoms with Gasteiger partial charge in [0, 0.05) is 6.54 Å². The molecule has 1 amide bonds. The van der Waals surface area contributed by atoms with Crippen molar-refractivity contribution in [2.75, 3.05) is 13.3 Å². The van der Waals surface area contributed by atoms with E-state index < -0.39 is 49.6 Å². The van der Waals surface area contributed by atoms with Gasteiger partial charge >= 0.3 is 19.9 Å². The largest absolute Gasteiger partial charge is 0.478 e. The maximum Gasteiger partial charge on any atom is 0.478 e. The molecule has 172 valence electrons. The van der Waals surface area contributed by atoms with Crippen LogP contribution in [0.5, 0.6) is 0 Å². The minimum atomic E-state index is -4.01. The van der Waals surface area contributed by atoms with E-state index in [2.05, 4.69) is 5.32 Å². The van der Waals surface area contributed by atoms with Crippen LogP contribution in [-0.2, 0) is 32.4 Å². The number of carbonyl (C=O) groups excluding carboxylic acids is 2. The highest BCUT2D eigenvalue weighted by Gasteiger charge is 2.37. The van der Waals surface area contributed by atoms with E-state index in [4.69, 9.17) is 23.0 Å². The van der Waals surface area contributed by atoms with Gasteiger partial charge in [0.2, 0.25) is 6.79 Å². The van der Waals surface area contributed by atoms with Crippen molar-refractivity contribution in [2.24, 2.45) is 0 Å².